The molecule has 1 amide bonds. The number of nitrogens with zero attached hydrogens (tertiary/aromatic N) is 2. The topological polar surface area (TPSA) is 33.2 Å². The van der Waals surface area contributed by atoms with Crippen LogP contribution in [0.25, 0.3) is 10.2 Å². The molecule has 0 fully saturated rings. The zero-order valence-electron chi connectivity index (χ0n) is 15.8. The van der Waals surface area contributed by atoms with Crippen LogP contribution >= 0.6 is 34.7 Å². The molecular weight excluding hydrogens is 420 g/mol. The van der Waals surface area contributed by atoms with E-state index in [1.807, 2.05) is 72.8 Å². The Hall–Kier alpha value is -2.34. The largest absolute Gasteiger partial charge is 0.279 e. The number of thioether (sulfide) groups is 1. The molecule has 0 atom stereocenters. The van der Waals surface area contributed by atoms with Crippen molar-refractivity contribution in [2.75, 3.05) is 10.7 Å². The van der Waals surface area contributed by atoms with Crippen LogP contribution in [0.1, 0.15) is 22.8 Å². The summed E-state index contributed by atoms with van der Waals surface area (Å²) in [7, 11) is 0. The number of halogens is 1. The fraction of sp³-hybridized carbons (Fsp3) is 0.130. The van der Waals surface area contributed by atoms with Crippen LogP contribution < -0.4 is 4.90 Å². The molecule has 1 heterocycles. The number of benzene rings is 3. The molecule has 0 aliphatic heterocycles. The molecule has 0 aliphatic carbocycles. The molecule has 0 bridgehead atoms. The van der Waals surface area contributed by atoms with E-state index >= 15 is 0 Å². The van der Waals surface area contributed by atoms with Gasteiger partial charge in [0.2, 0.25) is 0 Å². The van der Waals surface area contributed by atoms with E-state index in [1.165, 1.54) is 11.3 Å². The number of carbonyl (C=O) groups is 1. The predicted octanol–water partition coefficient (Wildman–Crippen LogP) is 6.91. The van der Waals surface area contributed by atoms with E-state index < -0.39 is 0 Å². The number of fused-ring (bicyclic) bond motifs is 1. The predicted molar refractivity (Wildman–Crippen MR) is 124 cm³/mol. The summed E-state index contributed by atoms with van der Waals surface area (Å²) in [6.07, 6.45) is 0. The minimum Gasteiger partial charge on any atom is -0.279 e. The van der Waals surface area contributed by atoms with Crippen molar-refractivity contribution in [1.82, 2.24) is 4.98 Å². The van der Waals surface area contributed by atoms with Gasteiger partial charge < -0.3 is 0 Å². The summed E-state index contributed by atoms with van der Waals surface area (Å²) in [5, 5.41) is 1.24. The van der Waals surface area contributed by atoms with Crippen LogP contribution in [0.15, 0.2) is 77.7 Å². The van der Waals surface area contributed by atoms with Crippen molar-refractivity contribution in [2.24, 2.45) is 0 Å². The van der Waals surface area contributed by atoms with E-state index in [9.17, 15) is 4.79 Å². The lowest BCUT2D eigenvalue weighted by Crippen LogP contribution is -2.30. The maximum atomic E-state index is 13.4. The van der Waals surface area contributed by atoms with E-state index in [1.54, 1.807) is 16.7 Å². The second-order valence-corrected chi connectivity index (χ2v) is 9.17. The van der Waals surface area contributed by atoms with Crippen molar-refractivity contribution in [3.05, 3.63) is 88.9 Å². The van der Waals surface area contributed by atoms with Crippen LogP contribution in [0.4, 0.5) is 5.13 Å². The third-order valence-electron chi connectivity index (χ3n) is 4.43. The van der Waals surface area contributed by atoms with Gasteiger partial charge >= 0.3 is 0 Å². The van der Waals surface area contributed by atoms with Crippen molar-refractivity contribution in [3.63, 3.8) is 0 Å². The van der Waals surface area contributed by atoms with Gasteiger partial charge in [0, 0.05) is 10.5 Å². The minimum atomic E-state index is -0.0721. The standard InChI is InChI=1S/C23H19ClN2OS2/c1-2-28-18-13-11-17(12-14-18)22(27)26(15-16-7-4-3-5-8-16)23-25-21-19(24)9-6-10-20(21)29-23/h3-14H,2,15H2,1H3. The molecular formula is C23H19ClN2OS2. The first-order valence-electron chi connectivity index (χ1n) is 9.29. The van der Waals surface area contributed by atoms with Gasteiger partial charge in [0.1, 0.15) is 5.52 Å². The molecule has 6 heteroatoms. The number of para-hydroxylation sites is 1. The highest BCUT2D eigenvalue weighted by molar-refractivity contribution is 7.99. The van der Waals surface area contributed by atoms with Crippen LogP contribution in [0.2, 0.25) is 5.02 Å². The first kappa shape index (κ1) is 20.0. The SMILES string of the molecule is CCSc1ccc(C(=O)N(Cc2ccccc2)c2nc3c(Cl)cccc3s2)cc1. The lowest BCUT2D eigenvalue weighted by Gasteiger charge is -2.20. The van der Waals surface area contributed by atoms with E-state index in [0.717, 1.165) is 26.4 Å². The fourth-order valence-electron chi connectivity index (χ4n) is 3.03. The molecule has 0 saturated heterocycles. The van der Waals surface area contributed by atoms with E-state index in [4.69, 9.17) is 11.6 Å². The molecule has 0 saturated carbocycles. The maximum absolute atomic E-state index is 13.4. The minimum absolute atomic E-state index is 0.0721. The van der Waals surface area contributed by atoms with Crippen molar-refractivity contribution in [2.45, 2.75) is 18.4 Å². The summed E-state index contributed by atoms with van der Waals surface area (Å²) in [5.74, 6) is 0.928. The molecule has 0 spiro atoms. The summed E-state index contributed by atoms with van der Waals surface area (Å²) in [6, 6.07) is 23.4. The molecule has 0 radical (unpaired) electrons. The van der Waals surface area contributed by atoms with Gasteiger partial charge in [-0.25, -0.2) is 4.98 Å². The smallest absolute Gasteiger partial charge is 0.260 e. The van der Waals surface area contributed by atoms with Gasteiger partial charge in [-0.15, -0.1) is 11.8 Å². The van der Waals surface area contributed by atoms with Crippen molar-refractivity contribution in [3.8, 4) is 0 Å². The molecule has 29 heavy (non-hydrogen) atoms. The van der Waals surface area contributed by atoms with Crippen LogP contribution in [0.3, 0.4) is 0 Å². The van der Waals surface area contributed by atoms with Crippen LogP contribution in [-0.2, 0) is 6.54 Å². The van der Waals surface area contributed by atoms with Gasteiger partial charge in [-0.3, -0.25) is 9.69 Å². The zero-order chi connectivity index (χ0) is 20.2. The molecule has 4 aromatic rings. The number of anilines is 1. The first-order chi connectivity index (χ1) is 14.2. The Morgan fingerprint density at radius 1 is 1.03 bits per heavy atom. The summed E-state index contributed by atoms with van der Waals surface area (Å²) in [5.41, 5.74) is 2.42. The lowest BCUT2D eigenvalue weighted by molar-refractivity contribution is 0.0985. The molecule has 3 nitrogen and oxygen atoms in total. The molecule has 1 aromatic heterocycles. The number of hydrogen-bond acceptors (Lipinski definition) is 4. The van der Waals surface area contributed by atoms with Crippen LogP contribution in [0.5, 0.6) is 0 Å². The Bertz CT molecular complexity index is 1130. The highest BCUT2D eigenvalue weighted by Gasteiger charge is 2.22. The van der Waals surface area contributed by atoms with E-state index in [-0.39, 0.29) is 5.91 Å². The number of rotatable bonds is 6. The third-order valence-corrected chi connectivity index (χ3v) is 6.67. The van der Waals surface area contributed by atoms with E-state index in [0.29, 0.717) is 22.3 Å². The van der Waals surface area contributed by atoms with Gasteiger partial charge in [-0.2, -0.15) is 0 Å². The molecule has 0 N–H and O–H groups in total. The van der Waals surface area contributed by atoms with E-state index in [2.05, 4.69) is 11.9 Å². The zero-order valence-corrected chi connectivity index (χ0v) is 18.2. The second-order valence-electron chi connectivity index (χ2n) is 6.42. The average molecular weight is 439 g/mol. The number of amides is 1. The van der Waals surface area contributed by atoms with Crippen LogP contribution in [-0.4, -0.2) is 16.6 Å². The van der Waals surface area contributed by atoms with Gasteiger partial charge in [-0.1, -0.05) is 66.3 Å². The molecule has 0 unspecified atom stereocenters. The van der Waals surface area contributed by atoms with Gasteiger partial charge in [0.25, 0.3) is 5.91 Å². The van der Waals surface area contributed by atoms with Gasteiger partial charge in [0.05, 0.1) is 16.3 Å². The monoisotopic (exact) mass is 438 g/mol. The van der Waals surface area contributed by atoms with Gasteiger partial charge in [-0.05, 0) is 47.7 Å². The molecule has 0 aliphatic rings. The Kier molecular flexibility index (Phi) is 6.19. The summed E-state index contributed by atoms with van der Waals surface area (Å²) in [6.45, 7) is 2.56. The van der Waals surface area contributed by atoms with Gasteiger partial charge in [0.15, 0.2) is 5.13 Å². The maximum Gasteiger partial charge on any atom is 0.260 e. The number of thiazole rings is 1. The summed E-state index contributed by atoms with van der Waals surface area (Å²) >= 11 is 9.55. The number of aromatic nitrogens is 1. The van der Waals surface area contributed by atoms with Crippen molar-refractivity contribution in [1.29, 1.82) is 0 Å². The third kappa shape index (κ3) is 4.47. The highest BCUT2D eigenvalue weighted by Crippen LogP contribution is 2.34. The lowest BCUT2D eigenvalue weighted by atomic mass is 10.1. The Balaban J connectivity index is 1.72. The number of hydrogen-bond donors (Lipinski definition) is 0. The molecule has 3 aromatic carbocycles. The number of carbonyl (C=O) groups excluding carboxylic acids is 1. The quantitative estimate of drug-likeness (QED) is 0.306. The second kappa shape index (κ2) is 8.99. The normalized spacial score (nSPS) is 11.0. The summed E-state index contributed by atoms with van der Waals surface area (Å²) in [4.78, 5) is 21.0. The first-order valence-corrected chi connectivity index (χ1v) is 11.5. The molecule has 146 valence electrons. The summed E-state index contributed by atoms with van der Waals surface area (Å²) < 4.78 is 0.966. The Labute approximate surface area is 183 Å². The average Bonchev–Trinajstić information content (AvgIpc) is 3.18. The van der Waals surface area contributed by atoms with Crippen molar-refractivity contribution >= 4 is 56.0 Å². The highest BCUT2D eigenvalue weighted by atomic mass is 35.5. The molecule has 4 rings (SSSR count). The van der Waals surface area contributed by atoms with Crippen LogP contribution in [0, 0.1) is 0 Å². The fourth-order valence-corrected chi connectivity index (χ4v) is 4.95. The Morgan fingerprint density at radius 3 is 2.48 bits per heavy atom. The van der Waals surface area contributed by atoms with Crippen molar-refractivity contribution < 1.29 is 4.79 Å². The Morgan fingerprint density at radius 2 is 1.79 bits per heavy atom.